The molecule has 0 aromatic heterocycles. The number of hydrogen-bond donors (Lipinski definition) is 2. The van der Waals surface area contributed by atoms with Gasteiger partial charge in [0.25, 0.3) is 0 Å². The van der Waals surface area contributed by atoms with Crippen LogP contribution in [0.1, 0.15) is 24.4 Å². The van der Waals surface area contributed by atoms with Crippen LogP contribution in [-0.4, -0.2) is 43.0 Å². The van der Waals surface area contributed by atoms with Crippen molar-refractivity contribution >= 4 is 28.9 Å². The third kappa shape index (κ3) is 2.29. The molecule has 0 bridgehead atoms. The van der Waals surface area contributed by atoms with Crippen LogP contribution in [0.2, 0.25) is 5.02 Å². The molecule has 3 N–H and O–H groups in total. The third-order valence-corrected chi connectivity index (χ3v) is 5.02. The molecule has 112 valence electrons. The van der Waals surface area contributed by atoms with Crippen molar-refractivity contribution < 1.29 is 4.79 Å². The number of carbonyl (C=O) groups excluding carboxylic acids is 1. The number of nitrogens with one attached hydrogen (secondary N) is 1. The van der Waals surface area contributed by atoms with Gasteiger partial charge in [0.15, 0.2) is 0 Å². The average molecular weight is 307 g/mol. The van der Waals surface area contributed by atoms with Gasteiger partial charge in [-0.15, -0.1) is 0 Å². The summed E-state index contributed by atoms with van der Waals surface area (Å²) in [6, 6.07) is 4.02. The van der Waals surface area contributed by atoms with E-state index in [-0.39, 0.29) is 5.91 Å². The fourth-order valence-electron chi connectivity index (χ4n) is 3.30. The minimum atomic E-state index is -0.599. The summed E-state index contributed by atoms with van der Waals surface area (Å²) in [7, 11) is 0. The molecule has 0 radical (unpaired) electrons. The average Bonchev–Trinajstić information content (AvgIpc) is 3.29. The van der Waals surface area contributed by atoms with Gasteiger partial charge < -0.3 is 16.0 Å². The van der Waals surface area contributed by atoms with Gasteiger partial charge in [0.2, 0.25) is 5.91 Å². The van der Waals surface area contributed by atoms with Crippen molar-refractivity contribution in [3.05, 3.63) is 22.7 Å². The molecule has 1 aromatic rings. The van der Waals surface area contributed by atoms with Gasteiger partial charge in [0, 0.05) is 43.5 Å². The summed E-state index contributed by atoms with van der Waals surface area (Å²) in [4.78, 5) is 16.5. The molecule has 3 aliphatic rings. The second kappa shape index (κ2) is 4.87. The Balaban J connectivity index is 1.56. The zero-order valence-corrected chi connectivity index (χ0v) is 12.6. The largest absolute Gasteiger partial charge is 0.368 e. The Kier molecular flexibility index (Phi) is 3.10. The Hall–Kier alpha value is -1.30. The highest BCUT2D eigenvalue weighted by atomic mass is 35.5. The van der Waals surface area contributed by atoms with Gasteiger partial charge in [-0.2, -0.15) is 0 Å². The zero-order chi connectivity index (χ0) is 14.6. The van der Waals surface area contributed by atoms with Crippen LogP contribution in [0.5, 0.6) is 0 Å². The van der Waals surface area contributed by atoms with Crippen molar-refractivity contribution in [1.82, 2.24) is 4.90 Å². The van der Waals surface area contributed by atoms with E-state index in [9.17, 15) is 4.79 Å². The van der Waals surface area contributed by atoms with Crippen molar-refractivity contribution in [1.29, 1.82) is 0 Å². The summed E-state index contributed by atoms with van der Waals surface area (Å²) in [5, 5.41) is 3.51. The molecule has 21 heavy (non-hydrogen) atoms. The van der Waals surface area contributed by atoms with E-state index in [0.717, 1.165) is 49.2 Å². The van der Waals surface area contributed by atoms with E-state index >= 15 is 0 Å². The van der Waals surface area contributed by atoms with Gasteiger partial charge in [-0.1, -0.05) is 11.6 Å². The summed E-state index contributed by atoms with van der Waals surface area (Å²) in [5.41, 5.74) is 8.45. The van der Waals surface area contributed by atoms with Crippen molar-refractivity contribution in [3.63, 3.8) is 0 Å². The molecule has 1 amide bonds. The second-order valence-electron chi connectivity index (χ2n) is 6.11. The van der Waals surface area contributed by atoms with E-state index < -0.39 is 6.04 Å². The van der Waals surface area contributed by atoms with Gasteiger partial charge >= 0.3 is 0 Å². The number of benzene rings is 1. The molecule has 4 rings (SSSR count). The zero-order valence-electron chi connectivity index (χ0n) is 11.8. The van der Waals surface area contributed by atoms with Crippen LogP contribution in [0.15, 0.2) is 12.1 Å². The van der Waals surface area contributed by atoms with Crippen LogP contribution in [-0.2, 0) is 4.79 Å². The quantitative estimate of drug-likeness (QED) is 0.871. The van der Waals surface area contributed by atoms with E-state index in [1.54, 1.807) is 0 Å². The number of anilines is 2. The Bertz CT molecular complexity index is 594. The van der Waals surface area contributed by atoms with E-state index in [1.807, 2.05) is 12.1 Å². The normalized spacial score (nSPS) is 25.9. The molecule has 2 aliphatic heterocycles. The van der Waals surface area contributed by atoms with E-state index in [4.69, 9.17) is 17.3 Å². The highest BCUT2D eigenvalue weighted by Gasteiger charge is 2.33. The number of nitrogens with two attached hydrogens (primary N) is 1. The lowest BCUT2D eigenvalue weighted by Crippen LogP contribution is -2.47. The first kappa shape index (κ1) is 13.4. The topological polar surface area (TPSA) is 61.6 Å². The maximum absolute atomic E-state index is 11.7. The van der Waals surface area contributed by atoms with Crippen molar-refractivity contribution in [2.45, 2.75) is 24.9 Å². The molecule has 1 aromatic carbocycles. The molecule has 1 saturated carbocycles. The second-order valence-corrected chi connectivity index (χ2v) is 6.52. The first-order chi connectivity index (χ1) is 10.1. The molecule has 5 nitrogen and oxygen atoms in total. The van der Waals surface area contributed by atoms with Gasteiger partial charge in [-0.3, -0.25) is 9.69 Å². The molecule has 1 saturated heterocycles. The number of hydrogen-bond acceptors (Lipinski definition) is 4. The summed E-state index contributed by atoms with van der Waals surface area (Å²) < 4.78 is 0. The van der Waals surface area contributed by atoms with E-state index in [1.165, 1.54) is 12.8 Å². The minimum absolute atomic E-state index is 0.156. The van der Waals surface area contributed by atoms with Gasteiger partial charge in [-0.05, 0) is 25.0 Å². The lowest BCUT2D eigenvalue weighted by Gasteiger charge is -2.36. The molecule has 0 spiro atoms. The Morgan fingerprint density at radius 2 is 1.90 bits per heavy atom. The molecule has 1 atom stereocenters. The molecule has 6 heteroatoms. The lowest BCUT2D eigenvalue weighted by atomic mass is 10.1. The highest BCUT2D eigenvalue weighted by molar-refractivity contribution is 6.33. The number of rotatable bonds is 2. The van der Waals surface area contributed by atoms with E-state index in [0.29, 0.717) is 5.02 Å². The highest BCUT2D eigenvalue weighted by Crippen LogP contribution is 2.38. The molecule has 1 unspecified atom stereocenters. The molecular formula is C15H19ClN4O. The molecule has 1 aliphatic carbocycles. The molecule has 2 heterocycles. The molecular weight excluding hydrogens is 288 g/mol. The van der Waals surface area contributed by atoms with Crippen LogP contribution in [0, 0.1) is 0 Å². The van der Waals surface area contributed by atoms with Crippen LogP contribution in [0.25, 0.3) is 0 Å². The standard InChI is InChI=1S/C15H19ClN4O/c16-11-7-10-12(18-15(21)14(10)17)8-13(11)20-5-3-19(4-6-20)9-1-2-9/h7-9,14H,1-6,17H2,(H,18,21). The van der Waals surface area contributed by atoms with E-state index in [2.05, 4.69) is 15.1 Å². The third-order valence-electron chi connectivity index (χ3n) is 4.71. The first-order valence-electron chi connectivity index (χ1n) is 7.52. The number of nitrogens with zero attached hydrogens (tertiary/aromatic N) is 2. The van der Waals surface area contributed by atoms with Crippen molar-refractivity contribution in [3.8, 4) is 0 Å². The van der Waals surface area contributed by atoms with Gasteiger partial charge in [0.1, 0.15) is 6.04 Å². The number of halogens is 1. The summed E-state index contributed by atoms with van der Waals surface area (Å²) >= 11 is 6.42. The predicted octanol–water partition coefficient (Wildman–Crippen LogP) is 1.58. The lowest BCUT2D eigenvalue weighted by molar-refractivity contribution is -0.116. The smallest absolute Gasteiger partial charge is 0.245 e. The summed E-state index contributed by atoms with van der Waals surface area (Å²) in [6.07, 6.45) is 2.70. The fraction of sp³-hybridized carbons (Fsp3) is 0.533. The number of piperazine rings is 1. The van der Waals surface area contributed by atoms with Crippen molar-refractivity contribution in [2.24, 2.45) is 5.73 Å². The van der Waals surface area contributed by atoms with Crippen LogP contribution >= 0.6 is 11.6 Å². The predicted molar refractivity (Wildman–Crippen MR) is 83.8 cm³/mol. The summed E-state index contributed by atoms with van der Waals surface area (Å²) in [6.45, 7) is 4.14. The molecule has 2 fully saturated rings. The minimum Gasteiger partial charge on any atom is -0.368 e. The monoisotopic (exact) mass is 306 g/mol. The van der Waals surface area contributed by atoms with Gasteiger partial charge in [0.05, 0.1) is 10.7 Å². The van der Waals surface area contributed by atoms with Crippen molar-refractivity contribution in [2.75, 3.05) is 36.4 Å². The first-order valence-corrected chi connectivity index (χ1v) is 7.90. The summed E-state index contributed by atoms with van der Waals surface area (Å²) in [5.74, 6) is -0.156. The Morgan fingerprint density at radius 3 is 2.57 bits per heavy atom. The number of fused-ring (bicyclic) bond motifs is 1. The fourth-order valence-corrected chi connectivity index (χ4v) is 3.60. The Morgan fingerprint density at radius 1 is 1.19 bits per heavy atom. The number of amides is 1. The Labute approximate surface area is 129 Å². The van der Waals surface area contributed by atoms with Crippen LogP contribution in [0.4, 0.5) is 11.4 Å². The van der Waals surface area contributed by atoms with Gasteiger partial charge in [-0.25, -0.2) is 0 Å². The van der Waals surface area contributed by atoms with Crippen LogP contribution < -0.4 is 16.0 Å². The maximum Gasteiger partial charge on any atom is 0.245 e. The SMILES string of the molecule is NC1C(=O)Nc2cc(N3CCN(C4CC4)CC3)c(Cl)cc21. The van der Waals surface area contributed by atoms with Crippen LogP contribution in [0.3, 0.4) is 0 Å². The maximum atomic E-state index is 11.7. The number of carbonyl (C=O) groups is 1.